The van der Waals surface area contributed by atoms with Crippen LogP contribution in [0.25, 0.3) is 0 Å². The van der Waals surface area contributed by atoms with Gasteiger partial charge in [-0.2, -0.15) is 0 Å². The number of carbonyl (C=O) groups is 3. The SMILES string of the molecule is CCCCCCCCCCCCCCCCCC(=O)OCC(CC(CO)OC(C)=O)OC(=O)CCCCCCCCCCCCCCCCC. The van der Waals surface area contributed by atoms with Crippen molar-refractivity contribution in [2.45, 2.75) is 245 Å². The van der Waals surface area contributed by atoms with Crippen LogP contribution in [0.3, 0.4) is 0 Å². The van der Waals surface area contributed by atoms with Crippen LogP contribution in [0.4, 0.5) is 0 Å². The minimum atomic E-state index is -0.814. The quantitative estimate of drug-likeness (QED) is 0.0385. The number of aliphatic hydroxyl groups excluding tert-OH is 1. The highest BCUT2D eigenvalue weighted by Gasteiger charge is 2.23. The molecule has 0 rings (SSSR count). The molecular formula is C43H82O7. The average molecular weight is 711 g/mol. The van der Waals surface area contributed by atoms with Crippen molar-refractivity contribution >= 4 is 17.9 Å². The Morgan fingerprint density at radius 3 is 1.08 bits per heavy atom. The van der Waals surface area contributed by atoms with Crippen molar-refractivity contribution in [3.8, 4) is 0 Å². The number of rotatable bonds is 39. The van der Waals surface area contributed by atoms with Crippen molar-refractivity contribution in [1.82, 2.24) is 0 Å². The van der Waals surface area contributed by atoms with Gasteiger partial charge < -0.3 is 19.3 Å². The zero-order valence-corrected chi connectivity index (χ0v) is 33.3. The number of hydrogen-bond acceptors (Lipinski definition) is 7. The second-order valence-electron chi connectivity index (χ2n) is 14.8. The lowest BCUT2D eigenvalue weighted by Gasteiger charge is -2.22. The van der Waals surface area contributed by atoms with E-state index < -0.39 is 18.2 Å². The van der Waals surface area contributed by atoms with Crippen LogP contribution in [0.2, 0.25) is 0 Å². The summed E-state index contributed by atoms with van der Waals surface area (Å²) >= 11 is 0. The van der Waals surface area contributed by atoms with Gasteiger partial charge in [0.05, 0.1) is 6.61 Å². The Labute approximate surface area is 309 Å². The highest BCUT2D eigenvalue weighted by atomic mass is 16.6. The fourth-order valence-electron chi connectivity index (χ4n) is 6.62. The molecule has 0 fully saturated rings. The fraction of sp³-hybridized carbons (Fsp3) is 0.930. The maximum atomic E-state index is 12.6. The molecule has 2 unspecified atom stereocenters. The van der Waals surface area contributed by atoms with Crippen molar-refractivity contribution < 1.29 is 33.7 Å². The molecule has 7 nitrogen and oxygen atoms in total. The summed E-state index contributed by atoms with van der Waals surface area (Å²) in [6.45, 7) is 5.32. The largest absolute Gasteiger partial charge is 0.462 e. The van der Waals surface area contributed by atoms with E-state index in [-0.39, 0.29) is 31.6 Å². The normalized spacial score (nSPS) is 12.5. The van der Waals surface area contributed by atoms with Gasteiger partial charge in [-0.1, -0.05) is 194 Å². The van der Waals surface area contributed by atoms with E-state index in [9.17, 15) is 19.5 Å². The zero-order chi connectivity index (χ0) is 36.8. The number of ether oxygens (including phenoxy) is 3. The first kappa shape index (κ1) is 48.4. The summed E-state index contributed by atoms with van der Waals surface area (Å²) in [7, 11) is 0. The van der Waals surface area contributed by atoms with Crippen molar-refractivity contribution in [3.63, 3.8) is 0 Å². The summed E-state index contributed by atoms with van der Waals surface area (Å²) in [5.74, 6) is -1.17. The molecule has 50 heavy (non-hydrogen) atoms. The van der Waals surface area contributed by atoms with E-state index >= 15 is 0 Å². The van der Waals surface area contributed by atoms with Gasteiger partial charge in [0.15, 0.2) is 0 Å². The van der Waals surface area contributed by atoms with Crippen LogP contribution in [0.15, 0.2) is 0 Å². The second-order valence-corrected chi connectivity index (χ2v) is 14.8. The van der Waals surface area contributed by atoms with Gasteiger partial charge in [-0.15, -0.1) is 0 Å². The summed E-state index contributed by atoms with van der Waals surface area (Å²) in [6.07, 6.45) is 37.1. The average Bonchev–Trinajstić information content (AvgIpc) is 3.10. The van der Waals surface area contributed by atoms with E-state index in [1.54, 1.807) is 0 Å². The molecule has 0 saturated carbocycles. The predicted octanol–water partition coefficient (Wildman–Crippen LogP) is 12.3. The van der Waals surface area contributed by atoms with Crippen LogP contribution in [-0.2, 0) is 28.6 Å². The molecule has 0 aromatic carbocycles. The van der Waals surface area contributed by atoms with Crippen LogP contribution in [0.5, 0.6) is 0 Å². The van der Waals surface area contributed by atoms with E-state index in [0.717, 1.165) is 38.5 Å². The third-order valence-corrected chi connectivity index (χ3v) is 9.76. The molecule has 0 heterocycles. The standard InChI is InChI=1S/C43H82O7/c1-4-6-8-10-12-14-16-18-20-22-24-26-28-30-32-34-42(46)48-38-41(36-40(37-44)49-39(3)45)50-43(47)35-33-31-29-27-25-23-21-19-17-15-13-11-9-7-5-2/h40-41,44H,4-38H2,1-3H3. The Bertz CT molecular complexity index is 756. The van der Waals surface area contributed by atoms with Crippen LogP contribution >= 0.6 is 0 Å². The highest BCUT2D eigenvalue weighted by Crippen LogP contribution is 2.17. The molecule has 0 saturated heterocycles. The summed E-state index contributed by atoms with van der Waals surface area (Å²) in [6, 6.07) is 0. The highest BCUT2D eigenvalue weighted by molar-refractivity contribution is 5.70. The number of carbonyl (C=O) groups excluding carboxylic acids is 3. The van der Waals surface area contributed by atoms with Gasteiger partial charge in [0.1, 0.15) is 18.8 Å². The second kappa shape index (κ2) is 38.6. The van der Waals surface area contributed by atoms with E-state index in [1.165, 1.54) is 161 Å². The summed E-state index contributed by atoms with van der Waals surface area (Å²) in [5, 5.41) is 9.66. The van der Waals surface area contributed by atoms with Crippen molar-refractivity contribution in [2.24, 2.45) is 0 Å². The molecule has 0 aliphatic rings. The molecular weight excluding hydrogens is 628 g/mol. The Kier molecular flexibility index (Phi) is 37.3. The lowest BCUT2D eigenvalue weighted by Crippen LogP contribution is -2.32. The lowest BCUT2D eigenvalue weighted by molar-refractivity contribution is -0.164. The molecule has 296 valence electrons. The van der Waals surface area contributed by atoms with Gasteiger partial charge in [-0.3, -0.25) is 14.4 Å². The smallest absolute Gasteiger partial charge is 0.306 e. The topological polar surface area (TPSA) is 99.1 Å². The first-order valence-corrected chi connectivity index (χ1v) is 21.6. The molecule has 0 bridgehead atoms. The van der Waals surface area contributed by atoms with E-state index in [4.69, 9.17) is 14.2 Å². The lowest BCUT2D eigenvalue weighted by atomic mass is 10.0. The molecule has 0 aromatic heterocycles. The molecule has 0 aliphatic heterocycles. The summed E-state index contributed by atoms with van der Waals surface area (Å²) in [4.78, 5) is 36.5. The van der Waals surface area contributed by atoms with Crippen LogP contribution in [-0.4, -0.2) is 48.4 Å². The van der Waals surface area contributed by atoms with Crippen LogP contribution < -0.4 is 0 Å². The monoisotopic (exact) mass is 711 g/mol. The van der Waals surface area contributed by atoms with E-state index in [0.29, 0.717) is 12.8 Å². The molecule has 0 aliphatic carbocycles. The van der Waals surface area contributed by atoms with Crippen LogP contribution in [0, 0.1) is 0 Å². The number of unbranched alkanes of at least 4 members (excludes halogenated alkanes) is 28. The molecule has 0 aromatic rings. The third kappa shape index (κ3) is 36.2. The Hall–Kier alpha value is -1.63. The van der Waals surface area contributed by atoms with Gasteiger partial charge in [0.2, 0.25) is 0 Å². The van der Waals surface area contributed by atoms with Crippen molar-refractivity contribution in [3.05, 3.63) is 0 Å². The summed E-state index contributed by atoms with van der Waals surface area (Å²) < 4.78 is 16.3. The van der Waals surface area contributed by atoms with Crippen LogP contribution in [0.1, 0.15) is 233 Å². The molecule has 0 radical (unpaired) electrons. The van der Waals surface area contributed by atoms with Gasteiger partial charge in [-0.05, 0) is 12.8 Å². The minimum absolute atomic E-state index is 0.0902. The van der Waals surface area contributed by atoms with Gasteiger partial charge in [0.25, 0.3) is 0 Å². The van der Waals surface area contributed by atoms with Gasteiger partial charge in [0, 0.05) is 26.2 Å². The summed E-state index contributed by atoms with van der Waals surface area (Å²) in [5.41, 5.74) is 0. The minimum Gasteiger partial charge on any atom is -0.462 e. The molecule has 1 N–H and O–H groups in total. The first-order chi connectivity index (χ1) is 24.4. The first-order valence-electron chi connectivity index (χ1n) is 21.6. The van der Waals surface area contributed by atoms with Crippen molar-refractivity contribution in [2.75, 3.05) is 13.2 Å². The molecule has 2 atom stereocenters. The molecule has 7 heteroatoms. The third-order valence-electron chi connectivity index (χ3n) is 9.76. The molecule has 0 amide bonds. The maximum absolute atomic E-state index is 12.6. The fourth-order valence-corrected chi connectivity index (χ4v) is 6.62. The van der Waals surface area contributed by atoms with E-state index in [1.807, 2.05) is 0 Å². The van der Waals surface area contributed by atoms with Gasteiger partial charge in [-0.25, -0.2) is 0 Å². The van der Waals surface area contributed by atoms with Crippen molar-refractivity contribution in [1.29, 1.82) is 0 Å². The number of esters is 3. The Morgan fingerprint density at radius 1 is 0.440 bits per heavy atom. The Balaban J connectivity index is 4.06. The zero-order valence-electron chi connectivity index (χ0n) is 33.3. The number of hydrogen-bond donors (Lipinski definition) is 1. The predicted molar refractivity (Wildman–Crippen MR) is 207 cm³/mol. The number of aliphatic hydroxyl groups is 1. The van der Waals surface area contributed by atoms with E-state index in [2.05, 4.69) is 13.8 Å². The molecule has 0 spiro atoms. The Morgan fingerprint density at radius 2 is 0.760 bits per heavy atom. The maximum Gasteiger partial charge on any atom is 0.306 e. The van der Waals surface area contributed by atoms with Gasteiger partial charge >= 0.3 is 17.9 Å².